The Bertz CT molecular complexity index is 670. The first-order valence-corrected chi connectivity index (χ1v) is 6.50. The summed E-state index contributed by atoms with van der Waals surface area (Å²) in [5.74, 6) is -0.739. The van der Waals surface area contributed by atoms with Crippen molar-refractivity contribution in [2.24, 2.45) is 0 Å². The molecule has 1 aromatic carbocycles. The predicted octanol–water partition coefficient (Wildman–Crippen LogP) is 1.93. The van der Waals surface area contributed by atoms with Gasteiger partial charge in [-0.15, -0.1) is 10.2 Å². The molecule has 1 aliphatic rings. The van der Waals surface area contributed by atoms with Crippen molar-refractivity contribution >= 4 is 49.9 Å². The second kappa shape index (κ2) is 4.14. The molecule has 3 rings (SSSR count). The SMILES string of the molecule is O=C1NC(=O)c2cc(Nc3nnc(Br)s3)ccc21. The van der Waals surface area contributed by atoms with Gasteiger partial charge in [-0.25, -0.2) is 0 Å². The maximum atomic E-state index is 11.5. The summed E-state index contributed by atoms with van der Waals surface area (Å²) in [4.78, 5) is 22.9. The molecule has 0 spiro atoms. The molecule has 0 saturated carbocycles. The highest BCUT2D eigenvalue weighted by molar-refractivity contribution is 9.11. The number of nitrogens with one attached hydrogen (secondary N) is 2. The number of nitrogens with zero attached hydrogens (tertiary/aromatic N) is 2. The topological polar surface area (TPSA) is 84.0 Å². The Labute approximate surface area is 114 Å². The van der Waals surface area contributed by atoms with Gasteiger partial charge in [0.05, 0.1) is 11.1 Å². The normalized spacial score (nSPS) is 13.4. The first-order chi connectivity index (χ1) is 8.63. The molecule has 18 heavy (non-hydrogen) atoms. The van der Waals surface area contributed by atoms with Crippen LogP contribution in [-0.4, -0.2) is 22.0 Å². The first-order valence-electron chi connectivity index (χ1n) is 4.89. The molecule has 8 heteroatoms. The highest BCUT2D eigenvalue weighted by atomic mass is 79.9. The van der Waals surface area contributed by atoms with Gasteiger partial charge in [0, 0.05) is 5.69 Å². The van der Waals surface area contributed by atoms with Crippen LogP contribution in [0.1, 0.15) is 20.7 Å². The highest BCUT2D eigenvalue weighted by Crippen LogP contribution is 2.26. The molecule has 0 unspecified atom stereocenters. The molecule has 0 aliphatic carbocycles. The lowest BCUT2D eigenvalue weighted by Crippen LogP contribution is -2.19. The maximum Gasteiger partial charge on any atom is 0.259 e. The third-order valence-electron chi connectivity index (χ3n) is 2.39. The third-order valence-corrected chi connectivity index (χ3v) is 3.66. The van der Waals surface area contributed by atoms with E-state index in [1.165, 1.54) is 11.3 Å². The zero-order valence-electron chi connectivity index (χ0n) is 8.73. The van der Waals surface area contributed by atoms with Crippen molar-refractivity contribution < 1.29 is 9.59 Å². The van der Waals surface area contributed by atoms with Gasteiger partial charge >= 0.3 is 0 Å². The summed E-state index contributed by atoms with van der Waals surface area (Å²) in [5, 5.41) is 13.5. The molecule has 2 heterocycles. The fourth-order valence-electron chi connectivity index (χ4n) is 1.62. The summed E-state index contributed by atoms with van der Waals surface area (Å²) in [6.45, 7) is 0. The molecule has 1 aromatic heterocycles. The van der Waals surface area contributed by atoms with Gasteiger partial charge in [-0.2, -0.15) is 0 Å². The predicted molar refractivity (Wildman–Crippen MR) is 69.1 cm³/mol. The quantitative estimate of drug-likeness (QED) is 0.824. The largest absolute Gasteiger partial charge is 0.330 e. The number of aromatic nitrogens is 2. The van der Waals surface area contributed by atoms with Crippen LogP contribution >= 0.6 is 27.3 Å². The molecule has 6 nitrogen and oxygen atoms in total. The number of amides is 2. The molecule has 2 N–H and O–H groups in total. The molecular weight excluding hydrogens is 320 g/mol. The van der Waals surface area contributed by atoms with Crippen LogP contribution in [0.2, 0.25) is 0 Å². The van der Waals surface area contributed by atoms with Crippen molar-refractivity contribution in [2.45, 2.75) is 0 Å². The van der Waals surface area contributed by atoms with E-state index in [2.05, 4.69) is 36.8 Å². The van der Waals surface area contributed by atoms with Crippen LogP contribution in [0.3, 0.4) is 0 Å². The Hall–Kier alpha value is -1.80. The molecule has 1 aliphatic heterocycles. The van der Waals surface area contributed by atoms with E-state index < -0.39 is 0 Å². The van der Waals surface area contributed by atoms with E-state index >= 15 is 0 Å². The van der Waals surface area contributed by atoms with Gasteiger partial charge in [0.15, 0.2) is 3.92 Å². The number of carbonyl (C=O) groups excluding carboxylic acids is 2. The molecular formula is C10H5BrN4O2S. The van der Waals surface area contributed by atoms with Gasteiger partial charge in [0.2, 0.25) is 5.13 Å². The number of carbonyl (C=O) groups is 2. The van der Waals surface area contributed by atoms with Crippen molar-refractivity contribution in [3.8, 4) is 0 Å². The van der Waals surface area contributed by atoms with Gasteiger partial charge in [0.1, 0.15) is 0 Å². The van der Waals surface area contributed by atoms with Crippen molar-refractivity contribution in [1.82, 2.24) is 15.5 Å². The second-order valence-electron chi connectivity index (χ2n) is 3.53. The standard InChI is InChI=1S/C10H5BrN4O2S/c11-9-14-15-10(18-9)12-4-1-2-5-6(3-4)8(17)13-7(5)16/h1-3H,(H,12,15)(H,13,16,17). The molecule has 0 fully saturated rings. The summed E-state index contributed by atoms with van der Waals surface area (Å²) >= 11 is 4.54. The number of hydrogen-bond donors (Lipinski definition) is 2. The molecule has 0 atom stereocenters. The number of anilines is 2. The highest BCUT2D eigenvalue weighted by Gasteiger charge is 2.26. The minimum atomic E-state index is -0.378. The van der Waals surface area contributed by atoms with Crippen molar-refractivity contribution in [3.63, 3.8) is 0 Å². The van der Waals surface area contributed by atoms with E-state index in [9.17, 15) is 9.59 Å². The van der Waals surface area contributed by atoms with Crippen LogP contribution in [0.4, 0.5) is 10.8 Å². The number of hydrogen-bond acceptors (Lipinski definition) is 6. The van der Waals surface area contributed by atoms with Crippen molar-refractivity contribution in [2.75, 3.05) is 5.32 Å². The summed E-state index contributed by atoms with van der Waals surface area (Å²) in [7, 11) is 0. The van der Waals surface area contributed by atoms with Crippen LogP contribution in [0.25, 0.3) is 0 Å². The zero-order valence-corrected chi connectivity index (χ0v) is 11.1. The lowest BCUT2D eigenvalue weighted by atomic mass is 10.1. The van der Waals surface area contributed by atoms with E-state index in [1.807, 2.05) is 0 Å². The Morgan fingerprint density at radius 1 is 1.17 bits per heavy atom. The van der Waals surface area contributed by atoms with Gasteiger partial charge < -0.3 is 5.32 Å². The molecule has 0 bridgehead atoms. The van der Waals surface area contributed by atoms with Gasteiger partial charge in [0.25, 0.3) is 11.8 Å². The average Bonchev–Trinajstić information content (AvgIpc) is 2.85. The lowest BCUT2D eigenvalue weighted by Gasteiger charge is -2.02. The Kier molecular flexibility index (Phi) is 2.60. The monoisotopic (exact) mass is 324 g/mol. The number of fused-ring (bicyclic) bond motifs is 1. The summed E-state index contributed by atoms with van der Waals surface area (Å²) in [6, 6.07) is 4.94. The number of halogens is 1. The van der Waals surface area contributed by atoms with E-state index in [-0.39, 0.29) is 11.8 Å². The minimum Gasteiger partial charge on any atom is -0.330 e. The second-order valence-corrected chi connectivity index (χ2v) is 5.78. The molecule has 90 valence electrons. The van der Waals surface area contributed by atoms with Gasteiger partial charge in [-0.05, 0) is 34.1 Å². The Balaban J connectivity index is 1.93. The Morgan fingerprint density at radius 3 is 2.67 bits per heavy atom. The Morgan fingerprint density at radius 2 is 1.94 bits per heavy atom. The van der Waals surface area contributed by atoms with Crippen LogP contribution < -0.4 is 10.6 Å². The van der Waals surface area contributed by atoms with E-state index in [0.717, 1.165) is 0 Å². The summed E-state index contributed by atoms with van der Waals surface area (Å²) < 4.78 is 0.666. The third kappa shape index (κ3) is 1.89. The smallest absolute Gasteiger partial charge is 0.259 e. The lowest BCUT2D eigenvalue weighted by molar-refractivity contribution is 0.0879. The van der Waals surface area contributed by atoms with Crippen LogP contribution in [0, 0.1) is 0 Å². The maximum absolute atomic E-state index is 11.5. The van der Waals surface area contributed by atoms with Crippen LogP contribution in [-0.2, 0) is 0 Å². The fraction of sp³-hybridized carbons (Fsp3) is 0. The van der Waals surface area contributed by atoms with Crippen LogP contribution in [0.15, 0.2) is 22.1 Å². The summed E-state index contributed by atoms with van der Waals surface area (Å²) in [5.41, 5.74) is 1.44. The zero-order chi connectivity index (χ0) is 12.7. The fourth-order valence-corrected chi connectivity index (χ4v) is 2.66. The number of rotatable bonds is 2. The van der Waals surface area contributed by atoms with E-state index in [4.69, 9.17) is 0 Å². The van der Waals surface area contributed by atoms with E-state index in [0.29, 0.717) is 25.9 Å². The number of imide groups is 1. The molecule has 2 amide bonds. The molecule has 0 radical (unpaired) electrons. The number of benzene rings is 1. The van der Waals surface area contributed by atoms with Gasteiger partial charge in [-0.1, -0.05) is 11.3 Å². The minimum absolute atomic E-state index is 0.361. The summed E-state index contributed by atoms with van der Waals surface area (Å²) in [6.07, 6.45) is 0. The van der Waals surface area contributed by atoms with Crippen molar-refractivity contribution in [3.05, 3.63) is 33.2 Å². The molecule has 2 aromatic rings. The first kappa shape index (κ1) is 11.3. The van der Waals surface area contributed by atoms with Crippen LogP contribution in [0.5, 0.6) is 0 Å². The van der Waals surface area contributed by atoms with Gasteiger partial charge in [-0.3, -0.25) is 14.9 Å². The average molecular weight is 325 g/mol. The van der Waals surface area contributed by atoms with Crippen molar-refractivity contribution in [1.29, 1.82) is 0 Å². The van der Waals surface area contributed by atoms with E-state index in [1.54, 1.807) is 18.2 Å². The molecule has 0 saturated heterocycles.